The van der Waals surface area contributed by atoms with Crippen LogP contribution in [0.5, 0.6) is 0 Å². The number of anilines is 1. The minimum absolute atomic E-state index is 0. The summed E-state index contributed by atoms with van der Waals surface area (Å²) in [6.45, 7) is 4.47. The number of furan rings is 1. The maximum atomic E-state index is 12.1. The van der Waals surface area contributed by atoms with E-state index in [2.05, 4.69) is 19.2 Å². The van der Waals surface area contributed by atoms with Gasteiger partial charge in [0, 0.05) is 5.69 Å². The third-order valence-corrected chi connectivity index (χ3v) is 2.95. The Balaban J connectivity index is 0.00000200. The number of hydrogen-bond donors (Lipinski definition) is 2. The molecular formula is C15H19ClN2O2. The topological polar surface area (TPSA) is 68.3 Å². The van der Waals surface area contributed by atoms with Gasteiger partial charge in [0.1, 0.15) is 12.0 Å². The molecule has 0 unspecified atom stereocenters. The van der Waals surface area contributed by atoms with Gasteiger partial charge in [0.05, 0.1) is 12.1 Å². The number of rotatable bonds is 4. The lowest BCUT2D eigenvalue weighted by Gasteiger charge is -2.12. The summed E-state index contributed by atoms with van der Waals surface area (Å²) in [7, 11) is 0. The number of nitrogens with two attached hydrogens (primary N) is 1. The summed E-state index contributed by atoms with van der Waals surface area (Å²) >= 11 is 0. The molecule has 5 heteroatoms. The van der Waals surface area contributed by atoms with Crippen molar-refractivity contribution in [3.8, 4) is 0 Å². The van der Waals surface area contributed by atoms with Gasteiger partial charge in [-0.25, -0.2) is 0 Å². The van der Waals surface area contributed by atoms with E-state index in [4.69, 9.17) is 10.2 Å². The van der Waals surface area contributed by atoms with Crippen LogP contribution in [0.25, 0.3) is 0 Å². The summed E-state index contributed by atoms with van der Waals surface area (Å²) in [6, 6.07) is 9.45. The number of carbonyl (C=O) groups is 1. The van der Waals surface area contributed by atoms with Gasteiger partial charge in [-0.3, -0.25) is 4.79 Å². The lowest BCUT2D eigenvalue weighted by Crippen LogP contribution is -2.12. The van der Waals surface area contributed by atoms with Crippen LogP contribution in [0.2, 0.25) is 0 Å². The van der Waals surface area contributed by atoms with Crippen LogP contribution in [0.15, 0.2) is 41.0 Å². The third kappa shape index (κ3) is 3.62. The first-order chi connectivity index (χ1) is 9.11. The molecule has 0 bridgehead atoms. The fraction of sp³-hybridized carbons (Fsp3) is 0.267. The Morgan fingerprint density at radius 3 is 2.65 bits per heavy atom. The van der Waals surface area contributed by atoms with E-state index in [-0.39, 0.29) is 24.9 Å². The Bertz CT molecular complexity index is 579. The zero-order valence-corrected chi connectivity index (χ0v) is 12.4. The van der Waals surface area contributed by atoms with Crippen LogP contribution in [0, 0.1) is 0 Å². The maximum absolute atomic E-state index is 12.1. The van der Waals surface area contributed by atoms with Crippen LogP contribution in [0.3, 0.4) is 0 Å². The van der Waals surface area contributed by atoms with E-state index in [0.717, 1.165) is 11.3 Å². The highest BCUT2D eigenvalue weighted by Crippen LogP contribution is 2.24. The number of amides is 1. The lowest BCUT2D eigenvalue weighted by molar-refractivity contribution is 0.102. The van der Waals surface area contributed by atoms with Gasteiger partial charge in [-0.1, -0.05) is 32.0 Å². The standard InChI is InChI=1S/C15H18N2O2.ClH/c1-10(2)13-5-3-4-6-14(13)17-15(18)11-7-12(8-16)19-9-11;/h3-7,9-10H,8,16H2,1-2H3,(H,17,18);1H. The van der Waals surface area contributed by atoms with Crippen LogP contribution in [-0.2, 0) is 6.54 Å². The SMILES string of the molecule is CC(C)c1ccccc1NC(=O)c1coc(CN)c1.Cl. The summed E-state index contributed by atoms with van der Waals surface area (Å²) in [5, 5.41) is 2.91. The van der Waals surface area contributed by atoms with E-state index in [9.17, 15) is 4.79 Å². The molecule has 4 nitrogen and oxygen atoms in total. The number of para-hydroxylation sites is 1. The van der Waals surface area contributed by atoms with Gasteiger partial charge in [-0.15, -0.1) is 12.4 Å². The van der Waals surface area contributed by atoms with E-state index in [1.165, 1.54) is 6.26 Å². The Morgan fingerprint density at radius 2 is 2.05 bits per heavy atom. The van der Waals surface area contributed by atoms with Crippen LogP contribution >= 0.6 is 12.4 Å². The van der Waals surface area contributed by atoms with Crippen molar-refractivity contribution in [2.45, 2.75) is 26.3 Å². The molecule has 20 heavy (non-hydrogen) atoms. The van der Waals surface area contributed by atoms with Crippen molar-refractivity contribution in [3.05, 3.63) is 53.5 Å². The molecule has 0 saturated carbocycles. The fourth-order valence-corrected chi connectivity index (χ4v) is 1.92. The second kappa shape index (κ2) is 7.12. The molecule has 1 heterocycles. The minimum atomic E-state index is -0.184. The van der Waals surface area contributed by atoms with Crippen LogP contribution in [-0.4, -0.2) is 5.91 Å². The predicted octanol–water partition coefficient (Wildman–Crippen LogP) is 3.54. The molecule has 2 rings (SSSR count). The molecule has 0 atom stereocenters. The summed E-state index contributed by atoms with van der Waals surface area (Å²) in [6.07, 6.45) is 1.43. The molecule has 0 aliphatic rings. The molecule has 0 aliphatic heterocycles. The molecule has 1 aromatic heterocycles. The summed E-state index contributed by atoms with van der Waals surface area (Å²) in [5.74, 6) is 0.763. The highest BCUT2D eigenvalue weighted by molar-refractivity contribution is 6.04. The molecule has 0 fully saturated rings. The van der Waals surface area contributed by atoms with Crippen LogP contribution < -0.4 is 11.1 Å². The lowest BCUT2D eigenvalue weighted by atomic mass is 10.0. The fourth-order valence-electron chi connectivity index (χ4n) is 1.92. The van der Waals surface area contributed by atoms with Gasteiger partial charge in [0.15, 0.2) is 0 Å². The number of nitrogens with one attached hydrogen (secondary N) is 1. The first-order valence-electron chi connectivity index (χ1n) is 6.29. The average Bonchev–Trinajstić information content (AvgIpc) is 2.88. The van der Waals surface area contributed by atoms with Crippen molar-refractivity contribution >= 4 is 24.0 Å². The molecule has 1 aromatic carbocycles. The quantitative estimate of drug-likeness (QED) is 0.906. The Labute approximate surface area is 124 Å². The van der Waals surface area contributed by atoms with Crippen LogP contribution in [0.1, 0.15) is 41.4 Å². The monoisotopic (exact) mass is 294 g/mol. The summed E-state index contributed by atoms with van der Waals surface area (Å²) < 4.78 is 5.16. The molecule has 1 amide bonds. The van der Waals surface area contributed by atoms with Gasteiger partial charge < -0.3 is 15.5 Å². The molecule has 0 spiro atoms. The Kier molecular flexibility index (Phi) is 5.80. The number of benzene rings is 1. The smallest absolute Gasteiger partial charge is 0.258 e. The van der Waals surface area contributed by atoms with Gasteiger partial charge in [0.25, 0.3) is 5.91 Å². The van der Waals surface area contributed by atoms with Crippen LogP contribution in [0.4, 0.5) is 5.69 Å². The van der Waals surface area contributed by atoms with Crippen molar-refractivity contribution in [1.29, 1.82) is 0 Å². The average molecular weight is 295 g/mol. The van der Waals surface area contributed by atoms with Crippen molar-refractivity contribution in [2.75, 3.05) is 5.32 Å². The van der Waals surface area contributed by atoms with Crippen molar-refractivity contribution in [3.63, 3.8) is 0 Å². The van der Waals surface area contributed by atoms with Gasteiger partial charge in [0.2, 0.25) is 0 Å². The summed E-state index contributed by atoms with van der Waals surface area (Å²) in [4.78, 5) is 12.1. The minimum Gasteiger partial charge on any atom is -0.467 e. The van der Waals surface area contributed by atoms with Gasteiger partial charge in [-0.05, 0) is 23.6 Å². The van der Waals surface area contributed by atoms with Crippen molar-refractivity contribution in [2.24, 2.45) is 5.73 Å². The largest absolute Gasteiger partial charge is 0.467 e. The molecule has 0 saturated heterocycles. The van der Waals surface area contributed by atoms with Crippen molar-refractivity contribution in [1.82, 2.24) is 0 Å². The first-order valence-corrected chi connectivity index (χ1v) is 6.29. The zero-order chi connectivity index (χ0) is 13.8. The second-order valence-electron chi connectivity index (χ2n) is 4.70. The number of carbonyl (C=O) groups excluding carboxylic acids is 1. The molecular weight excluding hydrogens is 276 g/mol. The Morgan fingerprint density at radius 1 is 1.35 bits per heavy atom. The molecule has 3 N–H and O–H groups in total. The normalized spacial score (nSPS) is 10.2. The maximum Gasteiger partial charge on any atom is 0.258 e. The zero-order valence-electron chi connectivity index (χ0n) is 11.6. The van der Waals surface area contributed by atoms with E-state index in [1.807, 2.05) is 24.3 Å². The first kappa shape index (κ1) is 16.3. The highest BCUT2D eigenvalue weighted by Gasteiger charge is 2.12. The molecule has 108 valence electrons. The Hall–Kier alpha value is -1.78. The van der Waals surface area contributed by atoms with Gasteiger partial charge >= 0.3 is 0 Å². The molecule has 2 aromatic rings. The van der Waals surface area contributed by atoms with Crippen molar-refractivity contribution < 1.29 is 9.21 Å². The third-order valence-electron chi connectivity index (χ3n) is 2.95. The molecule has 0 radical (unpaired) electrons. The summed E-state index contributed by atoms with van der Waals surface area (Å²) in [5.41, 5.74) is 7.88. The van der Waals surface area contributed by atoms with E-state index in [1.54, 1.807) is 6.07 Å². The van der Waals surface area contributed by atoms with E-state index in [0.29, 0.717) is 17.2 Å². The van der Waals surface area contributed by atoms with E-state index >= 15 is 0 Å². The molecule has 0 aliphatic carbocycles. The van der Waals surface area contributed by atoms with Gasteiger partial charge in [-0.2, -0.15) is 0 Å². The predicted molar refractivity (Wildman–Crippen MR) is 82.3 cm³/mol. The highest BCUT2D eigenvalue weighted by atomic mass is 35.5. The van der Waals surface area contributed by atoms with E-state index < -0.39 is 0 Å². The second-order valence-corrected chi connectivity index (χ2v) is 4.70. The number of halogens is 1. The number of hydrogen-bond acceptors (Lipinski definition) is 3.